The fraction of sp³-hybridized carbons (Fsp3) is 0.364. The summed E-state index contributed by atoms with van der Waals surface area (Å²) in [4.78, 5) is 21.2. The summed E-state index contributed by atoms with van der Waals surface area (Å²) in [6.45, 7) is 6.28. The number of hydrogen-bond acceptors (Lipinski definition) is 4. The molecular weight excluding hydrogens is 368 g/mol. The summed E-state index contributed by atoms with van der Waals surface area (Å²) < 4.78 is 11.1. The molecule has 3 aromatic rings. The fourth-order valence-electron chi connectivity index (χ4n) is 3.54. The second-order valence-corrected chi connectivity index (χ2v) is 6.99. The van der Waals surface area contributed by atoms with Crippen molar-refractivity contribution in [2.75, 3.05) is 39.3 Å². The number of nitrogens with zero attached hydrogens (tertiary/aromatic N) is 3. The number of para-hydroxylation sites is 1. The van der Waals surface area contributed by atoms with E-state index in [0.717, 1.165) is 48.7 Å². The number of amides is 1. The molecule has 1 N–H and O–H groups in total. The lowest BCUT2D eigenvalue weighted by atomic mass is 10.2. The average molecular weight is 394 g/mol. The Balaban J connectivity index is 1.34. The number of carbonyl (C=O) groups is 1. The molecule has 1 aliphatic rings. The molecule has 7 nitrogen and oxygen atoms in total. The minimum absolute atomic E-state index is 0.0542. The van der Waals surface area contributed by atoms with E-state index in [2.05, 4.69) is 29.3 Å². The minimum Gasteiger partial charge on any atom is -0.461 e. The quantitative estimate of drug-likeness (QED) is 0.532. The molecule has 3 heterocycles. The van der Waals surface area contributed by atoms with Crippen LogP contribution in [0.4, 0.5) is 0 Å². The van der Waals surface area contributed by atoms with Gasteiger partial charge in [-0.25, -0.2) is 0 Å². The second-order valence-electron chi connectivity index (χ2n) is 6.99. The number of piperazine rings is 1. The molecule has 1 saturated heterocycles. The van der Waals surface area contributed by atoms with Crippen LogP contribution in [0.15, 0.2) is 62.6 Å². The maximum absolute atomic E-state index is 12.4. The van der Waals surface area contributed by atoms with Gasteiger partial charge >= 0.3 is 0 Å². The third-order valence-electron chi connectivity index (χ3n) is 5.03. The topological polar surface area (TPSA) is 74.2 Å². The maximum atomic E-state index is 12.4. The van der Waals surface area contributed by atoms with Gasteiger partial charge in [-0.1, -0.05) is 18.2 Å². The molecule has 1 amide bonds. The number of benzene rings is 1. The van der Waals surface area contributed by atoms with Gasteiger partial charge in [-0.05, 0) is 31.2 Å². The Kier molecular flexibility index (Phi) is 5.84. The van der Waals surface area contributed by atoms with E-state index >= 15 is 0 Å². The van der Waals surface area contributed by atoms with E-state index in [-0.39, 0.29) is 5.91 Å². The number of furan rings is 2. The highest BCUT2D eigenvalue weighted by molar-refractivity contribution is 5.91. The Morgan fingerprint density at radius 2 is 1.90 bits per heavy atom. The first kappa shape index (κ1) is 19.1. The summed E-state index contributed by atoms with van der Waals surface area (Å²) in [6, 6.07) is 13.6. The second kappa shape index (κ2) is 8.86. The molecular formula is C22H26N4O3. The number of hydrogen-bond donors (Lipinski definition) is 1. The molecule has 29 heavy (non-hydrogen) atoms. The van der Waals surface area contributed by atoms with Gasteiger partial charge in [0, 0.05) is 51.1 Å². The SMILES string of the molecule is CCNC(=NCCc1cc2ccccc2o1)N1CCN(C(=O)c2ccco2)CC1. The molecule has 0 bridgehead atoms. The van der Waals surface area contributed by atoms with E-state index in [9.17, 15) is 4.79 Å². The largest absolute Gasteiger partial charge is 0.461 e. The Bertz CT molecular complexity index is 936. The normalized spacial score (nSPS) is 15.1. The van der Waals surface area contributed by atoms with E-state index in [0.29, 0.717) is 25.4 Å². The van der Waals surface area contributed by atoms with Crippen LogP contribution in [-0.4, -0.2) is 60.9 Å². The molecule has 4 rings (SSSR count). The first-order valence-corrected chi connectivity index (χ1v) is 10.1. The van der Waals surface area contributed by atoms with E-state index in [1.807, 2.05) is 23.1 Å². The Morgan fingerprint density at radius 3 is 2.62 bits per heavy atom. The van der Waals surface area contributed by atoms with Crippen molar-refractivity contribution in [1.29, 1.82) is 0 Å². The summed E-state index contributed by atoms with van der Waals surface area (Å²) in [5, 5.41) is 4.48. The van der Waals surface area contributed by atoms with Crippen LogP contribution in [-0.2, 0) is 6.42 Å². The van der Waals surface area contributed by atoms with Crippen LogP contribution in [0.2, 0.25) is 0 Å². The monoisotopic (exact) mass is 394 g/mol. The van der Waals surface area contributed by atoms with Gasteiger partial charge in [0.15, 0.2) is 11.7 Å². The van der Waals surface area contributed by atoms with E-state index in [1.165, 1.54) is 6.26 Å². The van der Waals surface area contributed by atoms with Crippen LogP contribution < -0.4 is 5.32 Å². The molecule has 1 aliphatic heterocycles. The van der Waals surface area contributed by atoms with Crippen LogP contribution >= 0.6 is 0 Å². The molecule has 0 atom stereocenters. The Morgan fingerprint density at radius 1 is 1.10 bits per heavy atom. The standard InChI is InChI=1S/C22H26N4O3/c1-2-23-22(24-10-9-18-16-17-6-3-4-7-19(17)29-18)26-13-11-25(12-14-26)21(27)20-8-5-15-28-20/h3-8,15-16H,2,9-14H2,1H3,(H,23,24). The van der Waals surface area contributed by atoms with E-state index < -0.39 is 0 Å². The summed E-state index contributed by atoms with van der Waals surface area (Å²) in [7, 11) is 0. The van der Waals surface area contributed by atoms with Gasteiger partial charge in [0.05, 0.1) is 6.26 Å². The number of guanidine groups is 1. The summed E-state index contributed by atoms with van der Waals surface area (Å²) in [5.74, 6) is 2.17. The molecule has 1 aromatic carbocycles. The van der Waals surface area contributed by atoms with Gasteiger partial charge in [0.25, 0.3) is 5.91 Å². The van der Waals surface area contributed by atoms with Gasteiger partial charge in [-0.15, -0.1) is 0 Å². The van der Waals surface area contributed by atoms with Crippen molar-refractivity contribution < 1.29 is 13.6 Å². The first-order valence-electron chi connectivity index (χ1n) is 10.1. The van der Waals surface area contributed by atoms with Crippen molar-refractivity contribution in [2.24, 2.45) is 4.99 Å². The molecule has 2 aromatic heterocycles. The molecule has 0 radical (unpaired) electrons. The minimum atomic E-state index is -0.0542. The van der Waals surface area contributed by atoms with E-state index in [4.69, 9.17) is 13.8 Å². The third kappa shape index (κ3) is 4.45. The Hall–Kier alpha value is -3.22. The van der Waals surface area contributed by atoms with Crippen LogP contribution in [0.3, 0.4) is 0 Å². The maximum Gasteiger partial charge on any atom is 0.289 e. The lowest BCUT2D eigenvalue weighted by molar-refractivity contribution is 0.0657. The van der Waals surface area contributed by atoms with Crippen molar-refractivity contribution in [1.82, 2.24) is 15.1 Å². The molecule has 0 unspecified atom stereocenters. The average Bonchev–Trinajstić information content (AvgIpc) is 3.42. The van der Waals surface area contributed by atoms with Gasteiger partial charge in [-0.2, -0.15) is 0 Å². The zero-order valence-corrected chi connectivity index (χ0v) is 16.6. The highest BCUT2D eigenvalue weighted by Gasteiger charge is 2.25. The van der Waals surface area contributed by atoms with Crippen molar-refractivity contribution in [2.45, 2.75) is 13.3 Å². The van der Waals surface area contributed by atoms with Crippen molar-refractivity contribution >= 4 is 22.8 Å². The number of rotatable bonds is 5. The Labute approximate surface area is 170 Å². The highest BCUT2D eigenvalue weighted by atomic mass is 16.3. The summed E-state index contributed by atoms with van der Waals surface area (Å²) in [5.41, 5.74) is 0.913. The van der Waals surface area contributed by atoms with Gasteiger partial charge in [0.1, 0.15) is 11.3 Å². The zero-order chi connectivity index (χ0) is 20.1. The molecule has 152 valence electrons. The number of fused-ring (bicyclic) bond motifs is 1. The van der Waals surface area contributed by atoms with Crippen molar-refractivity contribution in [3.05, 3.63) is 60.2 Å². The van der Waals surface area contributed by atoms with E-state index in [1.54, 1.807) is 12.1 Å². The third-order valence-corrected chi connectivity index (χ3v) is 5.03. The fourth-order valence-corrected chi connectivity index (χ4v) is 3.54. The first-order chi connectivity index (χ1) is 14.2. The van der Waals surface area contributed by atoms with Crippen LogP contribution in [0.1, 0.15) is 23.2 Å². The summed E-state index contributed by atoms with van der Waals surface area (Å²) >= 11 is 0. The van der Waals surface area contributed by atoms with Crippen molar-refractivity contribution in [3.63, 3.8) is 0 Å². The number of aliphatic imine (C=N–C) groups is 1. The summed E-state index contributed by atoms with van der Waals surface area (Å²) in [6.07, 6.45) is 2.28. The highest BCUT2D eigenvalue weighted by Crippen LogP contribution is 2.19. The zero-order valence-electron chi connectivity index (χ0n) is 16.6. The lowest BCUT2D eigenvalue weighted by Gasteiger charge is -2.36. The van der Waals surface area contributed by atoms with Crippen LogP contribution in [0.5, 0.6) is 0 Å². The molecule has 7 heteroatoms. The van der Waals surface area contributed by atoms with Gasteiger partial charge < -0.3 is 24.0 Å². The predicted octanol–water partition coefficient (Wildman–Crippen LogP) is 2.99. The molecule has 0 saturated carbocycles. The predicted molar refractivity (Wildman–Crippen MR) is 112 cm³/mol. The van der Waals surface area contributed by atoms with Crippen LogP contribution in [0.25, 0.3) is 11.0 Å². The molecule has 0 aliphatic carbocycles. The number of nitrogens with one attached hydrogen (secondary N) is 1. The van der Waals surface area contributed by atoms with Crippen molar-refractivity contribution in [3.8, 4) is 0 Å². The van der Waals surface area contributed by atoms with Gasteiger partial charge in [-0.3, -0.25) is 9.79 Å². The smallest absolute Gasteiger partial charge is 0.289 e. The van der Waals surface area contributed by atoms with Gasteiger partial charge in [0.2, 0.25) is 0 Å². The molecule has 0 spiro atoms. The lowest BCUT2D eigenvalue weighted by Crippen LogP contribution is -2.53. The van der Waals surface area contributed by atoms with Crippen LogP contribution in [0, 0.1) is 0 Å². The molecule has 1 fully saturated rings. The number of carbonyl (C=O) groups excluding carboxylic acids is 1.